The number of aromatic nitrogens is 3. The molecule has 170 valence electrons. The topological polar surface area (TPSA) is 37.2 Å². The molecule has 5 nitrogen and oxygen atoms in total. The molecule has 0 unspecified atom stereocenters. The first-order valence-corrected chi connectivity index (χ1v) is 10.6. The minimum absolute atomic E-state index is 0.297. The molecule has 0 saturated carbocycles. The summed E-state index contributed by atoms with van der Waals surface area (Å²) in [5.74, 6) is -1.00. The van der Waals surface area contributed by atoms with Crippen molar-refractivity contribution in [2.45, 2.75) is 6.18 Å². The lowest BCUT2D eigenvalue weighted by atomic mass is 10.1. The fourth-order valence-corrected chi connectivity index (χ4v) is 4.20. The SMILES string of the molecule is CN1CCN(c2ccc(-c3nn(-c4c(F)cccc4C(F)(F)F)c4cnccc34)cc2)CC1. The van der Waals surface area contributed by atoms with E-state index in [0.29, 0.717) is 16.6 Å². The Morgan fingerprint density at radius 2 is 1.64 bits per heavy atom. The van der Waals surface area contributed by atoms with E-state index in [1.165, 1.54) is 6.20 Å². The van der Waals surface area contributed by atoms with Crippen LogP contribution in [0.5, 0.6) is 0 Å². The van der Waals surface area contributed by atoms with Gasteiger partial charge >= 0.3 is 6.18 Å². The Labute approximate surface area is 187 Å². The molecule has 2 aromatic heterocycles. The van der Waals surface area contributed by atoms with Gasteiger partial charge in [-0.3, -0.25) is 4.98 Å². The van der Waals surface area contributed by atoms with Gasteiger partial charge in [0, 0.05) is 49.0 Å². The van der Waals surface area contributed by atoms with Gasteiger partial charge in [0.05, 0.1) is 17.3 Å². The fourth-order valence-electron chi connectivity index (χ4n) is 4.20. The van der Waals surface area contributed by atoms with E-state index in [1.807, 2.05) is 24.3 Å². The molecule has 1 saturated heterocycles. The lowest BCUT2D eigenvalue weighted by Crippen LogP contribution is -2.44. The zero-order valence-electron chi connectivity index (χ0n) is 17.8. The van der Waals surface area contributed by atoms with Crippen LogP contribution in [0, 0.1) is 5.82 Å². The number of piperazine rings is 1. The molecule has 0 aliphatic carbocycles. The van der Waals surface area contributed by atoms with E-state index in [1.54, 1.807) is 12.3 Å². The second kappa shape index (κ2) is 8.15. The van der Waals surface area contributed by atoms with E-state index in [9.17, 15) is 17.6 Å². The third kappa shape index (κ3) is 3.93. The molecule has 1 aliphatic heterocycles. The molecule has 33 heavy (non-hydrogen) atoms. The third-order valence-electron chi connectivity index (χ3n) is 6.00. The van der Waals surface area contributed by atoms with Gasteiger partial charge in [-0.2, -0.15) is 18.3 Å². The smallest absolute Gasteiger partial charge is 0.369 e. The molecular formula is C24H21F4N5. The van der Waals surface area contributed by atoms with E-state index in [-0.39, 0.29) is 0 Å². The Morgan fingerprint density at radius 1 is 0.909 bits per heavy atom. The molecule has 1 aliphatic rings. The summed E-state index contributed by atoms with van der Waals surface area (Å²) in [7, 11) is 2.09. The number of halogens is 4. The van der Waals surface area contributed by atoms with Crippen LogP contribution in [0.1, 0.15) is 5.56 Å². The van der Waals surface area contributed by atoms with Crippen LogP contribution < -0.4 is 4.90 Å². The van der Waals surface area contributed by atoms with Crippen molar-refractivity contribution in [3.63, 3.8) is 0 Å². The van der Waals surface area contributed by atoms with Crippen molar-refractivity contribution in [1.29, 1.82) is 0 Å². The van der Waals surface area contributed by atoms with Crippen LogP contribution in [0.2, 0.25) is 0 Å². The highest BCUT2D eigenvalue weighted by molar-refractivity contribution is 5.94. The highest BCUT2D eigenvalue weighted by Crippen LogP contribution is 2.38. The first-order valence-electron chi connectivity index (χ1n) is 10.6. The van der Waals surface area contributed by atoms with E-state index < -0.39 is 23.2 Å². The number of rotatable bonds is 3. The number of anilines is 1. The fraction of sp³-hybridized carbons (Fsp3) is 0.250. The van der Waals surface area contributed by atoms with Gasteiger partial charge < -0.3 is 9.80 Å². The van der Waals surface area contributed by atoms with Crippen LogP contribution in [0.4, 0.5) is 23.2 Å². The summed E-state index contributed by atoms with van der Waals surface area (Å²) < 4.78 is 56.7. The number of benzene rings is 2. The van der Waals surface area contributed by atoms with E-state index in [4.69, 9.17) is 0 Å². The molecule has 4 aromatic rings. The summed E-state index contributed by atoms with van der Waals surface area (Å²) in [5, 5.41) is 5.02. The molecule has 5 rings (SSSR count). The number of alkyl halides is 3. The molecule has 0 amide bonds. The molecule has 0 atom stereocenters. The third-order valence-corrected chi connectivity index (χ3v) is 6.00. The average molecular weight is 455 g/mol. The monoisotopic (exact) mass is 455 g/mol. The molecule has 0 spiro atoms. The molecule has 0 N–H and O–H groups in total. The van der Waals surface area contributed by atoms with Crippen LogP contribution in [0.3, 0.4) is 0 Å². The van der Waals surface area contributed by atoms with Gasteiger partial charge in [-0.05, 0) is 37.4 Å². The van der Waals surface area contributed by atoms with Gasteiger partial charge in [0.2, 0.25) is 0 Å². The van der Waals surface area contributed by atoms with E-state index >= 15 is 0 Å². The Hall–Kier alpha value is -3.46. The Kier molecular flexibility index (Phi) is 5.28. The standard InChI is InChI=1S/C24H21F4N5/c1-31-11-13-32(14-12-31)17-7-5-16(6-8-17)22-18-9-10-29-15-21(18)33(30-22)23-19(24(26,27)28)3-2-4-20(23)25/h2-10,15H,11-14H2,1H3. The van der Waals surface area contributed by atoms with Crippen LogP contribution in [0.15, 0.2) is 60.9 Å². The summed E-state index contributed by atoms with van der Waals surface area (Å²) in [5.41, 5.74) is 0.842. The highest BCUT2D eigenvalue weighted by atomic mass is 19.4. The number of nitrogens with zero attached hydrogens (tertiary/aromatic N) is 5. The zero-order valence-corrected chi connectivity index (χ0v) is 17.8. The van der Waals surface area contributed by atoms with Crippen LogP contribution in [0.25, 0.3) is 27.8 Å². The number of likely N-dealkylation sites (N-methyl/N-ethyl adjacent to an activating group) is 1. The Bertz CT molecular complexity index is 1290. The summed E-state index contributed by atoms with van der Waals surface area (Å²) >= 11 is 0. The number of hydrogen-bond donors (Lipinski definition) is 0. The van der Waals surface area contributed by atoms with Crippen molar-refractivity contribution >= 4 is 16.6 Å². The van der Waals surface area contributed by atoms with Crippen molar-refractivity contribution in [3.05, 3.63) is 72.3 Å². The normalized spacial score (nSPS) is 15.4. The number of pyridine rings is 1. The highest BCUT2D eigenvalue weighted by Gasteiger charge is 2.36. The molecular weight excluding hydrogens is 434 g/mol. The van der Waals surface area contributed by atoms with Gasteiger partial charge in [0.25, 0.3) is 0 Å². The van der Waals surface area contributed by atoms with Crippen molar-refractivity contribution < 1.29 is 17.6 Å². The van der Waals surface area contributed by atoms with Crippen molar-refractivity contribution in [2.75, 3.05) is 38.1 Å². The summed E-state index contributed by atoms with van der Waals surface area (Å²) in [6, 6.07) is 12.3. The van der Waals surface area contributed by atoms with Gasteiger partial charge in [-0.1, -0.05) is 18.2 Å². The molecule has 1 fully saturated rings. The molecule has 0 bridgehead atoms. The lowest BCUT2D eigenvalue weighted by molar-refractivity contribution is -0.137. The van der Waals surface area contributed by atoms with Crippen molar-refractivity contribution in [1.82, 2.24) is 19.7 Å². The summed E-state index contributed by atoms with van der Waals surface area (Å²) in [6.07, 6.45) is -1.79. The molecule has 9 heteroatoms. The quantitative estimate of drug-likeness (QED) is 0.408. The largest absolute Gasteiger partial charge is 0.418 e. The van der Waals surface area contributed by atoms with E-state index in [0.717, 1.165) is 60.3 Å². The van der Waals surface area contributed by atoms with Gasteiger partial charge in [-0.25, -0.2) is 9.07 Å². The van der Waals surface area contributed by atoms with Crippen molar-refractivity contribution in [3.8, 4) is 16.9 Å². The molecule has 0 radical (unpaired) electrons. The lowest BCUT2D eigenvalue weighted by Gasteiger charge is -2.34. The maximum atomic E-state index is 14.7. The molecule has 3 heterocycles. The maximum Gasteiger partial charge on any atom is 0.418 e. The zero-order chi connectivity index (χ0) is 23.2. The second-order valence-electron chi connectivity index (χ2n) is 8.12. The summed E-state index contributed by atoms with van der Waals surface area (Å²) in [4.78, 5) is 8.60. The number of fused-ring (bicyclic) bond motifs is 1. The second-order valence-corrected chi connectivity index (χ2v) is 8.12. The number of hydrogen-bond acceptors (Lipinski definition) is 4. The summed E-state index contributed by atoms with van der Waals surface area (Å²) in [6.45, 7) is 3.81. The average Bonchev–Trinajstić information content (AvgIpc) is 3.18. The van der Waals surface area contributed by atoms with Crippen LogP contribution in [-0.4, -0.2) is 52.9 Å². The molecule has 2 aromatic carbocycles. The first kappa shape index (κ1) is 21.4. The van der Waals surface area contributed by atoms with Crippen LogP contribution in [-0.2, 0) is 6.18 Å². The van der Waals surface area contributed by atoms with Gasteiger partial charge in [-0.15, -0.1) is 0 Å². The Morgan fingerprint density at radius 3 is 2.33 bits per heavy atom. The van der Waals surface area contributed by atoms with E-state index in [2.05, 4.69) is 26.9 Å². The van der Waals surface area contributed by atoms with Crippen LogP contribution >= 0.6 is 0 Å². The Balaban J connectivity index is 1.60. The minimum Gasteiger partial charge on any atom is -0.369 e. The van der Waals surface area contributed by atoms with Gasteiger partial charge in [0.1, 0.15) is 17.2 Å². The minimum atomic E-state index is -4.73. The van der Waals surface area contributed by atoms with Crippen molar-refractivity contribution in [2.24, 2.45) is 0 Å². The van der Waals surface area contributed by atoms with Gasteiger partial charge in [0.15, 0.2) is 0 Å². The predicted molar refractivity (Wildman–Crippen MR) is 119 cm³/mol. The predicted octanol–water partition coefficient (Wildman–Crippen LogP) is 5.00. The maximum absolute atomic E-state index is 14.7. The first-order chi connectivity index (χ1) is 15.8. The number of para-hydroxylation sites is 1.